The van der Waals surface area contributed by atoms with Crippen LogP contribution in [0.2, 0.25) is 5.02 Å². The zero-order chi connectivity index (χ0) is 14.3. The van der Waals surface area contributed by atoms with Gasteiger partial charge in [-0.2, -0.15) is 0 Å². The smallest absolute Gasteiger partial charge is 0.299 e. The molecule has 1 N–H and O–H groups in total. The van der Waals surface area contributed by atoms with Crippen LogP contribution in [0.15, 0.2) is 18.2 Å². The fraction of sp³-hybridized carbons (Fsp3) is 0.357. The molecule has 2 aliphatic rings. The van der Waals surface area contributed by atoms with Crippen molar-refractivity contribution in [1.29, 1.82) is 0 Å². The van der Waals surface area contributed by atoms with E-state index in [1.165, 1.54) is 17.0 Å². The molecule has 1 aliphatic carbocycles. The monoisotopic (exact) mass is 292 g/mol. The average Bonchev–Trinajstić information content (AvgIpc) is 3.21. The van der Waals surface area contributed by atoms with E-state index in [0.717, 1.165) is 12.8 Å². The minimum Gasteiger partial charge on any atom is -0.354 e. The van der Waals surface area contributed by atoms with E-state index in [-0.39, 0.29) is 12.5 Å². The number of amides is 2. The molecule has 5 nitrogen and oxygen atoms in total. The molecule has 6 heteroatoms. The maximum Gasteiger partial charge on any atom is 0.299 e. The first-order valence-corrected chi connectivity index (χ1v) is 6.86. The number of Topliss-reactive ketones (excluding diaryl/α,β-unsaturated/α-hetero) is 1. The molecular weight excluding hydrogens is 280 g/mol. The summed E-state index contributed by atoms with van der Waals surface area (Å²) in [5, 5.41) is 3.20. The lowest BCUT2D eigenvalue weighted by Crippen LogP contribution is -2.40. The number of halogens is 1. The Balaban J connectivity index is 1.75. The molecule has 20 heavy (non-hydrogen) atoms. The van der Waals surface area contributed by atoms with Crippen LogP contribution in [0.3, 0.4) is 0 Å². The van der Waals surface area contributed by atoms with Gasteiger partial charge in [0, 0.05) is 11.6 Å². The third kappa shape index (κ3) is 2.41. The highest BCUT2D eigenvalue weighted by molar-refractivity contribution is 6.53. The second-order valence-electron chi connectivity index (χ2n) is 5.13. The lowest BCUT2D eigenvalue weighted by atomic mass is 10.1. The zero-order valence-electron chi connectivity index (χ0n) is 10.7. The van der Waals surface area contributed by atoms with Crippen LogP contribution in [-0.2, 0) is 9.59 Å². The topological polar surface area (TPSA) is 66.5 Å². The highest BCUT2D eigenvalue weighted by Gasteiger charge is 2.37. The third-order valence-corrected chi connectivity index (χ3v) is 3.76. The van der Waals surface area contributed by atoms with Crippen LogP contribution in [0.25, 0.3) is 0 Å². The first-order chi connectivity index (χ1) is 9.56. The first-order valence-electron chi connectivity index (χ1n) is 6.48. The summed E-state index contributed by atoms with van der Waals surface area (Å²) in [6, 6.07) is 4.61. The van der Waals surface area contributed by atoms with Crippen LogP contribution < -0.4 is 10.2 Å². The standard InChI is InChI=1S/C14H13ClN2O3/c15-9-3-4-10-11(5-9)17(14(20)13(10)19)7-12(18)16-6-8-1-2-8/h3-5,8H,1-2,6-7H2,(H,16,18). The minimum atomic E-state index is -0.677. The molecule has 3 rings (SSSR count). The molecule has 0 spiro atoms. The molecule has 0 unspecified atom stereocenters. The lowest BCUT2D eigenvalue weighted by molar-refractivity contribution is -0.122. The molecule has 1 fully saturated rings. The highest BCUT2D eigenvalue weighted by atomic mass is 35.5. The van der Waals surface area contributed by atoms with Gasteiger partial charge in [-0.05, 0) is 37.0 Å². The summed E-state index contributed by atoms with van der Waals surface area (Å²) in [5.41, 5.74) is 0.712. The van der Waals surface area contributed by atoms with E-state index in [9.17, 15) is 14.4 Å². The van der Waals surface area contributed by atoms with E-state index in [1.54, 1.807) is 6.07 Å². The zero-order valence-corrected chi connectivity index (χ0v) is 11.4. The molecule has 0 aromatic heterocycles. The normalized spacial score (nSPS) is 17.4. The summed E-state index contributed by atoms with van der Waals surface area (Å²) in [7, 11) is 0. The van der Waals surface area contributed by atoms with Gasteiger partial charge in [0.15, 0.2) is 0 Å². The predicted molar refractivity (Wildman–Crippen MR) is 73.9 cm³/mol. The Morgan fingerprint density at radius 2 is 2.10 bits per heavy atom. The number of nitrogens with one attached hydrogen (secondary N) is 1. The fourth-order valence-electron chi connectivity index (χ4n) is 2.20. The van der Waals surface area contributed by atoms with Crippen molar-refractivity contribution < 1.29 is 14.4 Å². The molecule has 1 aliphatic heterocycles. The number of hydrogen-bond acceptors (Lipinski definition) is 3. The first kappa shape index (κ1) is 13.1. The molecule has 104 valence electrons. The molecular formula is C14H13ClN2O3. The number of hydrogen-bond donors (Lipinski definition) is 1. The molecule has 1 aromatic carbocycles. The largest absolute Gasteiger partial charge is 0.354 e. The maximum atomic E-state index is 11.9. The number of anilines is 1. The SMILES string of the molecule is O=C(CN1C(=O)C(=O)c2ccc(Cl)cc21)NCC1CC1. The van der Waals surface area contributed by atoms with Crippen molar-refractivity contribution >= 4 is 34.9 Å². The van der Waals surface area contributed by atoms with E-state index in [0.29, 0.717) is 28.7 Å². The summed E-state index contributed by atoms with van der Waals surface area (Å²) in [6.45, 7) is 0.488. The molecule has 0 radical (unpaired) electrons. The van der Waals surface area contributed by atoms with Crippen molar-refractivity contribution in [3.8, 4) is 0 Å². The van der Waals surface area contributed by atoms with Crippen LogP contribution in [0.4, 0.5) is 5.69 Å². The van der Waals surface area contributed by atoms with Crippen LogP contribution in [0.5, 0.6) is 0 Å². The van der Waals surface area contributed by atoms with Crippen molar-refractivity contribution in [2.45, 2.75) is 12.8 Å². The van der Waals surface area contributed by atoms with Crippen molar-refractivity contribution in [3.05, 3.63) is 28.8 Å². The number of fused-ring (bicyclic) bond motifs is 1. The van der Waals surface area contributed by atoms with Crippen molar-refractivity contribution in [3.63, 3.8) is 0 Å². The Labute approximate surface area is 120 Å². The summed E-state index contributed by atoms with van der Waals surface area (Å²) in [4.78, 5) is 36.7. The van der Waals surface area contributed by atoms with Gasteiger partial charge in [-0.25, -0.2) is 0 Å². The van der Waals surface area contributed by atoms with Gasteiger partial charge in [0.05, 0.1) is 11.3 Å². The number of carbonyl (C=O) groups is 3. The Kier molecular flexibility index (Phi) is 3.22. The Morgan fingerprint density at radius 3 is 2.80 bits per heavy atom. The second kappa shape index (κ2) is 4.90. The molecule has 0 atom stereocenters. The van der Waals surface area contributed by atoms with Crippen molar-refractivity contribution in [2.24, 2.45) is 5.92 Å². The molecule has 0 saturated heterocycles. The predicted octanol–water partition coefficient (Wildman–Crippen LogP) is 1.40. The van der Waals surface area contributed by atoms with Gasteiger partial charge in [0.2, 0.25) is 5.91 Å². The molecule has 2 amide bonds. The van der Waals surface area contributed by atoms with Crippen LogP contribution in [-0.4, -0.2) is 30.7 Å². The summed E-state index contributed by atoms with van der Waals surface area (Å²) < 4.78 is 0. The second-order valence-corrected chi connectivity index (χ2v) is 5.57. The molecule has 1 heterocycles. The van der Waals surface area contributed by atoms with Gasteiger partial charge in [-0.15, -0.1) is 0 Å². The van der Waals surface area contributed by atoms with Gasteiger partial charge in [0.1, 0.15) is 6.54 Å². The van der Waals surface area contributed by atoms with Gasteiger partial charge in [-0.1, -0.05) is 11.6 Å². The van der Waals surface area contributed by atoms with E-state index in [4.69, 9.17) is 11.6 Å². The average molecular weight is 293 g/mol. The maximum absolute atomic E-state index is 11.9. The summed E-state index contributed by atoms with van der Waals surface area (Å²) in [6.07, 6.45) is 2.28. The number of rotatable bonds is 4. The fourth-order valence-corrected chi connectivity index (χ4v) is 2.37. The quantitative estimate of drug-likeness (QED) is 0.853. The lowest BCUT2D eigenvalue weighted by Gasteiger charge is -2.16. The van der Waals surface area contributed by atoms with E-state index in [1.807, 2.05) is 0 Å². The van der Waals surface area contributed by atoms with Gasteiger partial charge >= 0.3 is 0 Å². The molecule has 0 bridgehead atoms. The van der Waals surface area contributed by atoms with Crippen LogP contribution in [0, 0.1) is 5.92 Å². The van der Waals surface area contributed by atoms with Crippen LogP contribution in [0.1, 0.15) is 23.2 Å². The number of carbonyl (C=O) groups excluding carboxylic acids is 3. The number of ketones is 1. The Morgan fingerprint density at radius 1 is 1.35 bits per heavy atom. The Bertz CT molecular complexity index is 610. The number of benzene rings is 1. The van der Waals surface area contributed by atoms with E-state index >= 15 is 0 Å². The Hall–Kier alpha value is -1.88. The summed E-state index contributed by atoms with van der Waals surface area (Å²) in [5.74, 6) is -0.960. The number of nitrogens with zero attached hydrogens (tertiary/aromatic N) is 1. The van der Waals surface area contributed by atoms with Crippen molar-refractivity contribution in [2.75, 3.05) is 18.0 Å². The van der Waals surface area contributed by atoms with Crippen molar-refractivity contribution in [1.82, 2.24) is 5.32 Å². The van der Waals surface area contributed by atoms with Gasteiger partial charge in [0.25, 0.3) is 11.7 Å². The highest BCUT2D eigenvalue weighted by Crippen LogP contribution is 2.31. The molecule has 1 saturated carbocycles. The van der Waals surface area contributed by atoms with Gasteiger partial charge < -0.3 is 5.32 Å². The van der Waals surface area contributed by atoms with E-state index < -0.39 is 11.7 Å². The summed E-state index contributed by atoms with van der Waals surface area (Å²) >= 11 is 5.88. The van der Waals surface area contributed by atoms with Crippen LogP contribution >= 0.6 is 11.6 Å². The van der Waals surface area contributed by atoms with E-state index in [2.05, 4.69) is 5.32 Å². The van der Waals surface area contributed by atoms with Gasteiger partial charge in [-0.3, -0.25) is 19.3 Å². The third-order valence-electron chi connectivity index (χ3n) is 3.52. The molecule has 1 aromatic rings. The minimum absolute atomic E-state index is 0.148.